The topological polar surface area (TPSA) is 79.2 Å². The van der Waals surface area contributed by atoms with E-state index in [-0.39, 0.29) is 0 Å². The maximum atomic E-state index is 5.16. The van der Waals surface area contributed by atoms with Crippen LogP contribution < -0.4 is 0 Å². The Morgan fingerprint density at radius 3 is 1.18 bits per heavy atom. The summed E-state index contributed by atoms with van der Waals surface area (Å²) in [5.74, 6) is 3.19. The van der Waals surface area contributed by atoms with Crippen molar-refractivity contribution in [2.75, 3.05) is 0 Å². The van der Waals surface area contributed by atoms with Gasteiger partial charge in [0.2, 0.25) is 5.95 Å². The molecule has 12 rings (SSSR count). The average molecular weight is 783 g/mol. The van der Waals surface area contributed by atoms with Crippen LogP contribution in [0, 0.1) is 0 Å². The van der Waals surface area contributed by atoms with E-state index in [0.717, 1.165) is 72.3 Å². The SMILES string of the molecule is c1ccc(-c2nc(-c3ccccc3)nc(-n3c4ccccc4c4ccc(-c5nnc(-c6ccc7c8ccccc8n(-c8ccccc8)c7c6)n5-c5ccccc5)cc43)n2)cc1. The van der Waals surface area contributed by atoms with Gasteiger partial charge in [0.15, 0.2) is 23.3 Å². The highest BCUT2D eigenvalue weighted by molar-refractivity contribution is 6.11. The third-order valence-electron chi connectivity index (χ3n) is 11.4. The monoisotopic (exact) mass is 782 g/mol. The lowest BCUT2D eigenvalue weighted by molar-refractivity contribution is 0.953. The molecule has 0 radical (unpaired) electrons. The first-order chi connectivity index (χ1) is 30.3. The fourth-order valence-electron chi connectivity index (χ4n) is 8.67. The first-order valence-electron chi connectivity index (χ1n) is 20.3. The van der Waals surface area contributed by atoms with Crippen LogP contribution >= 0.6 is 0 Å². The second-order valence-electron chi connectivity index (χ2n) is 15.0. The van der Waals surface area contributed by atoms with Crippen molar-refractivity contribution in [2.45, 2.75) is 0 Å². The molecule has 0 saturated heterocycles. The molecule has 0 aliphatic heterocycles. The Bertz CT molecular complexity index is 3510. The van der Waals surface area contributed by atoms with E-state index in [2.05, 4.69) is 153 Å². The lowest BCUT2D eigenvalue weighted by Gasteiger charge is -2.13. The number of benzene rings is 8. The highest BCUT2D eigenvalue weighted by Gasteiger charge is 2.23. The maximum Gasteiger partial charge on any atom is 0.238 e. The van der Waals surface area contributed by atoms with Crippen LogP contribution in [0.1, 0.15) is 0 Å². The van der Waals surface area contributed by atoms with Crippen molar-refractivity contribution in [3.63, 3.8) is 0 Å². The predicted molar refractivity (Wildman–Crippen MR) is 245 cm³/mol. The lowest BCUT2D eigenvalue weighted by Crippen LogP contribution is -2.06. The summed E-state index contributed by atoms with van der Waals surface area (Å²) < 4.78 is 6.64. The highest BCUT2D eigenvalue weighted by atomic mass is 15.3. The molecule has 4 aromatic heterocycles. The summed E-state index contributed by atoms with van der Waals surface area (Å²) in [7, 11) is 0. The Morgan fingerprint density at radius 1 is 0.279 bits per heavy atom. The number of hydrogen-bond acceptors (Lipinski definition) is 5. The van der Waals surface area contributed by atoms with E-state index in [0.29, 0.717) is 23.4 Å². The van der Waals surface area contributed by atoms with Gasteiger partial charge in [0.1, 0.15) is 0 Å². The Kier molecular flexibility index (Phi) is 7.99. The number of nitrogens with zero attached hydrogens (tertiary/aromatic N) is 8. The molecular formula is C53H34N8. The van der Waals surface area contributed by atoms with E-state index >= 15 is 0 Å². The molecule has 0 atom stereocenters. The first-order valence-corrected chi connectivity index (χ1v) is 20.3. The molecule has 0 aliphatic carbocycles. The van der Waals surface area contributed by atoms with Gasteiger partial charge in [-0.2, -0.15) is 9.97 Å². The van der Waals surface area contributed by atoms with Crippen LogP contribution in [0.5, 0.6) is 0 Å². The molecule has 286 valence electrons. The molecule has 4 heterocycles. The van der Waals surface area contributed by atoms with Gasteiger partial charge in [-0.25, -0.2) is 4.98 Å². The van der Waals surface area contributed by atoms with Crippen molar-refractivity contribution in [1.29, 1.82) is 0 Å². The van der Waals surface area contributed by atoms with E-state index in [1.165, 1.54) is 10.8 Å². The van der Waals surface area contributed by atoms with Gasteiger partial charge in [-0.15, -0.1) is 10.2 Å². The number of para-hydroxylation sites is 4. The zero-order valence-electron chi connectivity index (χ0n) is 32.7. The van der Waals surface area contributed by atoms with E-state index < -0.39 is 0 Å². The molecule has 0 amide bonds. The van der Waals surface area contributed by atoms with E-state index in [1.54, 1.807) is 0 Å². The van der Waals surface area contributed by atoms with E-state index in [4.69, 9.17) is 25.1 Å². The normalized spacial score (nSPS) is 11.6. The molecule has 0 spiro atoms. The Balaban J connectivity index is 1.08. The Labute approximate surface area is 350 Å². The minimum Gasteiger partial charge on any atom is -0.309 e. The molecule has 0 saturated carbocycles. The number of rotatable bonds is 7. The van der Waals surface area contributed by atoms with E-state index in [9.17, 15) is 0 Å². The van der Waals surface area contributed by atoms with Crippen LogP contribution in [0.25, 0.3) is 106 Å². The minimum absolute atomic E-state index is 0.531. The summed E-state index contributed by atoms with van der Waals surface area (Å²) in [6.45, 7) is 0. The highest BCUT2D eigenvalue weighted by Crippen LogP contribution is 2.38. The van der Waals surface area contributed by atoms with Gasteiger partial charge >= 0.3 is 0 Å². The van der Waals surface area contributed by atoms with Crippen LogP contribution in [-0.4, -0.2) is 38.9 Å². The quantitative estimate of drug-likeness (QED) is 0.161. The van der Waals surface area contributed by atoms with Crippen molar-refractivity contribution in [2.24, 2.45) is 0 Å². The van der Waals surface area contributed by atoms with Gasteiger partial charge < -0.3 is 4.57 Å². The second kappa shape index (κ2) is 14.1. The summed E-state index contributed by atoms with van der Waals surface area (Å²) in [4.78, 5) is 15.3. The van der Waals surface area contributed by atoms with Gasteiger partial charge in [-0.3, -0.25) is 9.13 Å². The number of hydrogen-bond donors (Lipinski definition) is 0. The zero-order valence-corrected chi connectivity index (χ0v) is 32.7. The molecule has 0 fully saturated rings. The number of fused-ring (bicyclic) bond motifs is 6. The molecule has 8 heteroatoms. The second-order valence-corrected chi connectivity index (χ2v) is 15.0. The molecule has 0 unspecified atom stereocenters. The zero-order chi connectivity index (χ0) is 40.3. The molecular weight excluding hydrogens is 749 g/mol. The molecule has 0 aliphatic rings. The van der Waals surface area contributed by atoms with Crippen molar-refractivity contribution in [3.05, 3.63) is 206 Å². The summed E-state index contributed by atoms with van der Waals surface area (Å²) in [6.07, 6.45) is 0. The summed E-state index contributed by atoms with van der Waals surface area (Å²) in [6, 6.07) is 71.1. The fourth-order valence-corrected chi connectivity index (χ4v) is 8.67. The summed E-state index contributed by atoms with van der Waals surface area (Å²) in [5.41, 5.74) is 9.93. The summed E-state index contributed by atoms with van der Waals surface area (Å²) in [5, 5.41) is 14.5. The lowest BCUT2D eigenvalue weighted by atomic mass is 10.1. The smallest absolute Gasteiger partial charge is 0.238 e. The van der Waals surface area contributed by atoms with Crippen molar-refractivity contribution >= 4 is 43.6 Å². The predicted octanol–water partition coefficient (Wildman–Crippen LogP) is 12.3. The van der Waals surface area contributed by atoms with Gasteiger partial charge in [-0.05, 0) is 48.5 Å². The molecule has 8 aromatic carbocycles. The molecule has 61 heavy (non-hydrogen) atoms. The molecule has 8 nitrogen and oxygen atoms in total. The minimum atomic E-state index is 0.531. The van der Waals surface area contributed by atoms with Crippen molar-refractivity contribution in [3.8, 4) is 62.9 Å². The molecule has 0 N–H and O–H groups in total. The third-order valence-corrected chi connectivity index (χ3v) is 11.4. The van der Waals surface area contributed by atoms with Crippen molar-refractivity contribution in [1.82, 2.24) is 38.9 Å². The standard InChI is InChI=1S/C53H34N8/c1-5-17-35(18-6-1)49-54-50(36-19-7-2-8-20-36)56-53(55-49)61-46-28-16-14-26-42(46)44-32-30-38(34-48(44)61)52-58-57-51(60(52)40-23-11-4-12-24-40)37-29-31-43-41-25-13-15-27-45(41)59(47(43)33-37)39-21-9-3-10-22-39/h1-34H. The third kappa shape index (κ3) is 5.72. The van der Waals surface area contributed by atoms with Crippen LogP contribution in [0.2, 0.25) is 0 Å². The van der Waals surface area contributed by atoms with Gasteiger partial charge in [0, 0.05) is 55.2 Å². The van der Waals surface area contributed by atoms with Crippen LogP contribution in [0.4, 0.5) is 0 Å². The van der Waals surface area contributed by atoms with Crippen LogP contribution in [0.15, 0.2) is 206 Å². The van der Waals surface area contributed by atoms with Crippen LogP contribution in [0.3, 0.4) is 0 Å². The maximum absolute atomic E-state index is 5.16. The van der Waals surface area contributed by atoms with E-state index in [1.807, 2.05) is 66.7 Å². The molecule has 12 aromatic rings. The van der Waals surface area contributed by atoms with Gasteiger partial charge in [0.25, 0.3) is 0 Å². The number of aromatic nitrogens is 8. The van der Waals surface area contributed by atoms with Gasteiger partial charge in [0.05, 0.1) is 22.1 Å². The Hall–Kier alpha value is -8.49. The molecule has 0 bridgehead atoms. The average Bonchev–Trinajstić information content (AvgIpc) is 4.03. The largest absolute Gasteiger partial charge is 0.309 e. The van der Waals surface area contributed by atoms with Crippen LogP contribution in [-0.2, 0) is 0 Å². The summed E-state index contributed by atoms with van der Waals surface area (Å²) >= 11 is 0. The Morgan fingerprint density at radius 2 is 0.672 bits per heavy atom. The van der Waals surface area contributed by atoms with Crippen molar-refractivity contribution < 1.29 is 0 Å². The fraction of sp³-hybridized carbons (Fsp3) is 0. The first kappa shape index (κ1) is 34.5. The van der Waals surface area contributed by atoms with Gasteiger partial charge in [-0.1, -0.05) is 158 Å².